The van der Waals surface area contributed by atoms with Crippen LogP contribution in [-0.2, 0) is 13.0 Å². The number of nitro groups is 1. The Morgan fingerprint density at radius 3 is 2.62 bits per heavy atom. The van der Waals surface area contributed by atoms with Crippen LogP contribution >= 0.6 is 0 Å². The van der Waals surface area contributed by atoms with Crippen LogP contribution in [0.3, 0.4) is 0 Å². The summed E-state index contributed by atoms with van der Waals surface area (Å²) < 4.78 is 5.28. The van der Waals surface area contributed by atoms with Gasteiger partial charge in [-0.25, -0.2) is 0 Å². The lowest BCUT2D eigenvalue weighted by molar-refractivity contribution is -0.384. The predicted octanol–water partition coefficient (Wildman–Crippen LogP) is 3.55. The lowest BCUT2D eigenvalue weighted by Crippen LogP contribution is -2.34. The van der Waals surface area contributed by atoms with Crippen molar-refractivity contribution in [1.29, 1.82) is 0 Å². The van der Waals surface area contributed by atoms with Crippen LogP contribution in [0.25, 0.3) is 0 Å². The molecule has 1 fully saturated rings. The van der Waals surface area contributed by atoms with Gasteiger partial charge in [0, 0.05) is 19.2 Å². The molecule has 2 aromatic carbocycles. The fourth-order valence-corrected chi connectivity index (χ4v) is 3.59. The maximum atomic E-state index is 11.3. The van der Waals surface area contributed by atoms with Gasteiger partial charge in [-0.05, 0) is 60.6 Å². The van der Waals surface area contributed by atoms with Gasteiger partial charge in [0.05, 0.1) is 18.6 Å². The van der Waals surface area contributed by atoms with Crippen molar-refractivity contribution in [1.82, 2.24) is 0 Å². The molecule has 0 aromatic heterocycles. The smallest absolute Gasteiger partial charge is 0.292 e. The molecule has 0 spiro atoms. The molecule has 1 aliphatic heterocycles. The summed E-state index contributed by atoms with van der Waals surface area (Å²) in [6.45, 7) is 1.45. The van der Waals surface area contributed by atoms with Crippen LogP contribution in [0.5, 0.6) is 5.75 Å². The summed E-state index contributed by atoms with van der Waals surface area (Å²) in [5.74, 6) is 1.43. The SMILES string of the molecule is COc1cccc(CC2CCN(c3cc(CO)ccc3[N+](=O)[O-])CC2)c1. The Bertz CT molecular complexity index is 770. The van der Waals surface area contributed by atoms with E-state index in [4.69, 9.17) is 4.74 Å². The van der Waals surface area contributed by atoms with E-state index in [0.717, 1.165) is 38.1 Å². The molecule has 0 bridgehead atoms. The summed E-state index contributed by atoms with van der Waals surface area (Å²) >= 11 is 0. The maximum Gasteiger partial charge on any atom is 0.292 e. The topological polar surface area (TPSA) is 75.8 Å². The number of rotatable bonds is 6. The second kappa shape index (κ2) is 8.19. The normalized spacial score (nSPS) is 15.1. The zero-order valence-electron chi connectivity index (χ0n) is 14.9. The summed E-state index contributed by atoms with van der Waals surface area (Å²) in [4.78, 5) is 13.1. The highest BCUT2D eigenvalue weighted by Gasteiger charge is 2.25. The van der Waals surface area contributed by atoms with Gasteiger partial charge in [-0.3, -0.25) is 10.1 Å². The lowest BCUT2D eigenvalue weighted by Gasteiger charge is -2.33. The summed E-state index contributed by atoms with van der Waals surface area (Å²) in [5, 5.41) is 20.7. The van der Waals surface area contributed by atoms with Crippen molar-refractivity contribution in [2.24, 2.45) is 5.92 Å². The molecule has 1 heterocycles. The first-order chi connectivity index (χ1) is 12.6. The number of ether oxygens (including phenoxy) is 1. The molecule has 3 rings (SSSR count). The van der Waals surface area contributed by atoms with E-state index in [1.165, 1.54) is 11.6 Å². The predicted molar refractivity (Wildman–Crippen MR) is 101 cm³/mol. The number of piperidine rings is 1. The molecule has 0 unspecified atom stereocenters. The summed E-state index contributed by atoms with van der Waals surface area (Å²) in [6, 6.07) is 13.0. The lowest BCUT2D eigenvalue weighted by atomic mass is 9.90. The Kier molecular flexibility index (Phi) is 5.73. The van der Waals surface area contributed by atoms with E-state index in [0.29, 0.717) is 17.2 Å². The Hall–Kier alpha value is -2.60. The van der Waals surface area contributed by atoms with Crippen molar-refractivity contribution in [2.75, 3.05) is 25.1 Å². The number of hydrogen-bond acceptors (Lipinski definition) is 5. The minimum Gasteiger partial charge on any atom is -0.497 e. The van der Waals surface area contributed by atoms with E-state index in [2.05, 4.69) is 17.0 Å². The van der Waals surface area contributed by atoms with Gasteiger partial charge in [0.2, 0.25) is 0 Å². The van der Waals surface area contributed by atoms with E-state index < -0.39 is 0 Å². The summed E-state index contributed by atoms with van der Waals surface area (Å²) in [7, 11) is 1.67. The van der Waals surface area contributed by atoms with Crippen LogP contribution in [0.15, 0.2) is 42.5 Å². The molecule has 0 atom stereocenters. The minimum absolute atomic E-state index is 0.105. The van der Waals surface area contributed by atoms with Gasteiger partial charge >= 0.3 is 0 Å². The van der Waals surface area contributed by atoms with E-state index in [9.17, 15) is 15.2 Å². The first-order valence-electron chi connectivity index (χ1n) is 8.86. The molecule has 26 heavy (non-hydrogen) atoms. The molecule has 0 aliphatic carbocycles. The Morgan fingerprint density at radius 1 is 1.19 bits per heavy atom. The first kappa shape index (κ1) is 18.2. The van der Waals surface area contributed by atoms with Crippen LogP contribution in [0.1, 0.15) is 24.0 Å². The van der Waals surface area contributed by atoms with E-state index in [1.54, 1.807) is 19.2 Å². The third kappa shape index (κ3) is 4.14. The molecule has 6 heteroatoms. The van der Waals surface area contributed by atoms with Crippen LogP contribution in [-0.4, -0.2) is 30.2 Å². The standard InChI is InChI=1S/C20H24N2O4/c1-26-18-4-2-3-16(12-18)11-15-7-9-21(10-8-15)20-13-17(14-23)5-6-19(20)22(24)25/h2-6,12-13,15,23H,7-11,14H2,1H3. The Labute approximate surface area is 153 Å². The van der Waals surface area contributed by atoms with Crippen LogP contribution in [0, 0.1) is 16.0 Å². The van der Waals surface area contributed by atoms with Crippen molar-refractivity contribution in [3.05, 3.63) is 63.7 Å². The van der Waals surface area contributed by atoms with E-state index in [-0.39, 0.29) is 17.2 Å². The fourth-order valence-electron chi connectivity index (χ4n) is 3.59. The van der Waals surface area contributed by atoms with Gasteiger partial charge in [-0.2, -0.15) is 0 Å². The Balaban J connectivity index is 1.67. The van der Waals surface area contributed by atoms with Gasteiger partial charge in [0.25, 0.3) is 5.69 Å². The quantitative estimate of drug-likeness (QED) is 0.633. The number of aliphatic hydroxyl groups excluding tert-OH is 1. The van der Waals surface area contributed by atoms with Gasteiger partial charge in [-0.15, -0.1) is 0 Å². The maximum absolute atomic E-state index is 11.3. The molecule has 1 aliphatic rings. The molecule has 0 saturated carbocycles. The Morgan fingerprint density at radius 2 is 1.96 bits per heavy atom. The zero-order valence-corrected chi connectivity index (χ0v) is 14.9. The zero-order chi connectivity index (χ0) is 18.5. The molecule has 0 radical (unpaired) electrons. The third-order valence-corrected chi connectivity index (χ3v) is 5.03. The molecule has 1 saturated heterocycles. The molecular weight excluding hydrogens is 332 g/mol. The number of hydrogen-bond donors (Lipinski definition) is 1. The van der Waals surface area contributed by atoms with Crippen LogP contribution < -0.4 is 9.64 Å². The van der Waals surface area contributed by atoms with Crippen molar-refractivity contribution >= 4 is 11.4 Å². The van der Waals surface area contributed by atoms with Gasteiger partial charge in [-0.1, -0.05) is 12.1 Å². The summed E-state index contributed by atoms with van der Waals surface area (Å²) in [5.41, 5.74) is 2.68. The number of aliphatic hydroxyl groups is 1. The number of nitro benzene ring substituents is 1. The monoisotopic (exact) mass is 356 g/mol. The minimum atomic E-state index is -0.348. The molecule has 138 valence electrons. The van der Waals surface area contributed by atoms with Crippen LogP contribution in [0.2, 0.25) is 0 Å². The van der Waals surface area contributed by atoms with Crippen molar-refractivity contribution in [2.45, 2.75) is 25.9 Å². The summed E-state index contributed by atoms with van der Waals surface area (Å²) in [6.07, 6.45) is 2.96. The van der Waals surface area contributed by atoms with Crippen molar-refractivity contribution in [3.63, 3.8) is 0 Å². The number of methoxy groups -OCH3 is 1. The molecular formula is C20H24N2O4. The molecule has 0 amide bonds. The molecule has 2 aromatic rings. The highest BCUT2D eigenvalue weighted by molar-refractivity contribution is 5.64. The highest BCUT2D eigenvalue weighted by Crippen LogP contribution is 2.33. The van der Waals surface area contributed by atoms with Gasteiger partial charge < -0.3 is 14.7 Å². The molecule has 6 nitrogen and oxygen atoms in total. The molecule has 1 N–H and O–H groups in total. The highest BCUT2D eigenvalue weighted by atomic mass is 16.6. The number of nitrogens with zero attached hydrogens (tertiary/aromatic N) is 2. The van der Waals surface area contributed by atoms with E-state index >= 15 is 0 Å². The van der Waals surface area contributed by atoms with Gasteiger partial charge in [0.15, 0.2) is 0 Å². The second-order valence-electron chi connectivity index (χ2n) is 6.72. The average Bonchev–Trinajstić information content (AvgIpc) is 2.68. The van der Waals surface area contributed by atoms with E-state index in [1.807, 2.05) is 12.1 Å². The average molecular weight is 356 g/mol. The largest absolute Gasteiger partial charge is 0.497 e. The fraction of sp³-hybridized carbons (Fsp3) is 0.400. The number of anilines is 1. The van der Waals surface area contributed by atoms with Crippen LogP contribution in [0.4, 0.5) is 11.4 Å². The van der Waals surface area contributed by atoms with Gasteiger partial charge in [0.1, 0.15) is 11.4 Å². The second-order valence-corrected chi connectivity index (χ2v) is 6.72. The third-order valence-electron chi connectivity index (χ3n) is 5.03. The van der Waals surface area contributed by atoms with Crippen molar-refractivity contribution in [3.8, 4) is 5.75 Å². The number of benzene rings is 2. The first-order valence-corrected chi connectivity index (χ1v) is 8.86. The van der Waals surface area contributed by atoms with Crippen molar-refractivity contribution < 1.29 is 14.8 Å².